The van der Waals surface area contributed by atoms with Crippen LogP contribution in [0.15, 0.2) is 18.2 Å². The van der Waals surface area contributed by atoms with Gasteiger partial charge in [0.2, 0.25) is 0 Å². The molecule has 88 valence electrons. The number of anilines is 1. The second kappa shape index (κ2) is 5.58. The highest BCUT2D eigenvalue weighted by Crippen LogP contribution is 2.32. The molecule has 1 N–H and O–H groups in total. The molecule has 1 fully saturated rings. The van der Waals surface area contributed by atoms with Gasteiger partial charge in [-0.1, -0.05) is 30.9 Å². The van der Waals surface area contributed by atoms with E-state index in [1.54, 1.807) is 0 Å². The fourth-order valence-corrected chi connectivity index (χ4v) is 3.07. The van der Waals surface area contributed by atoms with Crippen molar-refractivity contribution < 1.29 is 0 Å². The summed E-state index contributed by atoms with van der Waals surface area (Å²) in [5.41, 5.74) is 1.06. The molecule has 1 atom stereocenters. The molecule has 0 heterocycles. The molecular formula is C13H17ClIN. The highest BCUT2D eigenvalue weighted by Gasteiger charge is 2.20. The van der Waals surface area contributed by atoms with Gasteiger partial charge in [0.05, 0.1) is 10.7 Å². The minimum atomic E-state index is 0.517. The van der Waals surface area contributed by atoms with Crippen molar-refractivity contribution in [1.29, 1.82) is 0 Å². The van der Waals surface area contributed by atoms with Crippen LogP contribution in [-0.4, -0.2) is 6.04 Å². The quantitative estimate of drug-likeness (QED) is 0.760. The van der Waals surface area contributed by atoms with Crippen LogP contribution in [0.1, 0.15) is 32.6 Å². The third kappa shape index (κ3) is 3.27. The lowest BCUT2D eigenvalue weighted by Crippen LogP contribution is -2.23. The van der Waals surface area contributed by atoms with Crippen LogP contribution in [0.3, 0.4) is 0 Å². The zero-order valence-corrected chi connectivity index (χ0v) is 12.4. The summed E-state index contributed by atoms with van der Waals surface area (Å²) < 4.78 is 1.18. The highest BCUT2D eigenvalue weighted by atomic mass is 127. The van der Waals surface area contributed by atoms with Crippen molar-refractivity contribution >= 4 is 39.9 Å². The summed E-state index contributed by atoms with van der Waals surface area (Å²) in [5.74, 6) is 0.935. The maximum atomic E-state index is 6.19. The van der Waals surface area contributed by atoms with Crippen molar-refractivity contribution in [3.05, 3.63) is 26.8 Å². The van der Waals surface area contributed by atoms with E-state index in [9.17, 15) is 0 Å². The Labute approximate surface area is 116 Å². The molecule has 2 rings (SSSR count). The molecule has 0 radical (unpaired) electrons. The van der Waals surface area contributed by atoms with Crippen LogP contribution in [0.2, 0.25) is 5.02 Å². The van der Waals surface area contributed by atoms with E-state index in [0.717, 1.165) is 16.6 Å². The summed E-state index contributed by atoms with van der Waals surface area (Å²) in [6, 6.07) is 6.68. The maximum Gasteiger partial charge on any atom is 0.0648 e. The van der Waals surface area contributed by atoms with Gasteiger partial charge in [0.25, 0.3) is 0 Å². The van der Waals surface area contributed by atoms with Crippen molar-refractivity contribution in [2.45, 2.75) is 38.6 Å². The number of hydrogen-bond donors (Lipinski definition) is 1. The molecule has 0 aromatic heterocycles. The first-order valence-corrected chi connectivity index (χ1v) is 7.32. The van der Waals surface area contributed by atoms with E-state index in [4.69, 9.17) is 11.6 Å². The molecule has 1 aromatic carbocycles. The van der Waals surface area contributed by atoms with Crippen LogP contribution in [-0.2, 0) is 0 Å². The molecule has 0 bridgehead atoms. The Hall–Kier alpha value is 0.0400. The van der Waals surface area contributed by atoms with E-state index >= 15 is 0 Å². The summed E-state index contributed by atoms with van der Waals surface area (Å²) in [5, 5.41) is 4.33. The second-order valence-electron chi connectivity index (χ2n) is 4.70. The zero-order valence-electron chi connectivity index (χ0n) is 9.47. The number of hydrogen-bond acceptors (Lipinski definition) is 1. The summed E-state index contributed by atoms with van der Waals surface area (Å²) in [4.78, 5) is 0. The lowest BCUT2D eigenvalue weighted by molar-refractivity contribution is 0.286. The van der Waals surface area contributed by atoms with Gasteiger partial charge < -0.3 is 5.32 Å². The van der Waals surface area contributed by atoms with Crippen LogP contribution in [0.4, 0.5) is 5.69 Å². The Morgan fingerprint density at radius 3 is 2.81 bits per heavy atom. The Bertz CT molecular complexity index is 363. The third-order valence-electron chi connectivity index (χ3n) is 3.24. The van der Waals surface area contributed by atoms with Crippen LogP contribution in [0.5, 0.6) is 0 Å². The lowest BCUT2D eigenvalue weighted by atomic mass is 9.81. The van der Waals surface area contributed by atoms with Gasteiger partial charge in [-0.05, 0) is 60.1 Å². The fraction of sp³-hybridized carbons (Fsp3) is 0.538. The molecule has 0 spiro atoms. The maximum absolute atomic E-state index is 6.19. The molecule has 1 unspecified atom stereocenters. The fourth-order valence-electron chi connectivity index (χ4n) is 2.16. The number of halogens is 2. The van der Waals surface area contributed by atoms with E-state index in [1.807, 2.05) is 6.07 Å². The molecule has 16 heavy (non-hydrogen) atoms. The lowest BCUT2D eigenvalue weighted by Gasteiger charge is -2.29. The highest BCUT2D eigenvalue weighted by molar-refractivity contribution is 14.1. The standard InChI is InChI=1S/C13H17ClIN/c1-9(7-10-3-2-4-10)16-13-6-5-11(15)8-12(13)14/h5-6,8-10,16H,2-4,7H2,1H3. The first kappa shape index (κ1) is 12.5. The predicted molar refractivity (Wildman–Crippen MR) is 79.2 cm³/mol. The van der Waals surface area contributed by atoms with Crippen molar-refractivity contribution in [2.75, 3.05) is 5.32 Å². The van der Waals surface area contributed by atoms with Gasteiger partial charge in [0.1, 0.15) is 0 Å². The number of rotatable bonds is 4. The summed E-state index contributed by atoms with van der Waals surface area (Å²) in [7, 11) is 0. The molecule has 1 aliphatic rings. The molecule has 0 aliphatic heterocycles. The van der Waals surface area contributed by atoms with Crippen molar-refractivity contribution in [2.24, 2.45) is 5.92 Å². The average Bonchev–Trinajstić information content (AvgIpc) is 2.16. The van der Waals surface area contributed by atoms with Crippen LogP contribution in [0.25, 0.3) is 0 Å². The molecule has 0 saturated heterocycles. The van der Waals surface area contributed by atoms with Gasteiger partial charge >= 0.3 is 0 Å². The van der Waals surface area contributed by atoms with Gasteiger partial charge in [-0.25, -0.2) is 0 Å². The topological polar surface area (TPSA) is 12.0 Å². The number of benzene rings is 1. The zero-order chi connectivity index (χ0) is 11.5. The monoisotopic (exact) mass is 349 g/mol. The van der Waals surface area contributed by atoms with Crippen LogP contribution < -0.4 is 5.32 Å². The normalized spacial score (nSPS) is 17.9. The Kier molecular flexibility index (Phi) is 4.36. The molecule has 1 aromatic rings. The minimum Gasteiger partial charge on any atom is -0.381 e. The van der Waals surface area contributed by atoms with Gasteiger partial charge in [-0.2, -0.15) is 0 Å². The summed E-state index contributed by atoms with van der Waals surface area (Å²) in [6.45, 7) is 2.24. The first-order valence-electron chi connectivity index (χ1n) is 5.87. The molecule has 1 nitrogen and oxygen atoms in total. The van der Waals surface area contributed by atoms with Crippen molar-refractivity contribution in [1.82, 2.24) is 0 Å². The van der Waals surface area contributed by atoms with Crippen LogP contribution >= 0.6 is 34.2 Å². The van der Waals surface area contributed by atoms with E-state index in [-0.39, 0.29) is 0 Å². The Morgan fingerprint density at radius 2 is 2.25 bits per heavy atom. The SMILES string of the molecule is CC(CC1CCC1)Nc1ccc(I)cc1Cl. The second-order valence-corrected chi connectivity index (χ2v) is 6.36. The van der Waals surface area contributed by atoms with E-state index in [1.165, 1.54) is 29.3 Å². The van der Waals surface area contributed by atoms with Gasteiger partial charge in [-0.3, -0.25) is 0 Å². The summed E-state index contributed by atoms with van der Waals surface area (Å²) >= 11 is 8.47. The average molecular weight is 350 g/mol. The number of nitrogens with one attached hydrogen (secondary N) is 1. The van der Waals surface area contributed by atoms with Crippen molar-refractivity contribution in [3.63, 3.8) is 0 Å². The molecule has 3 heteroatoms. The van der Waals surface area contributed by atoms with Gasteiger partial charge in [0.15, 0.2) is 0 Å². The van der Waals surface area contributed by atoms with Crippen molar-refractivity contribution in [3.8, 4) is 0 Å². The Morgan fingerprint density at radius 1 is 1.50 bits per heavy atom. The molecule has 1 aliphatic carbocycles. The molecule has 1 saturated carbocycles. The predicted octanol–water partition coefficient (Wildman–Crippen LogP) is 4.94. The van der Waals surface area contributed by atoms with Crippen LogP contribution in [0, 0.1) is 9.49 Å². The van der Waals surface area contributed by atoms with E-state index in [0.29, 0.717) is 6.04 Å². The molecular weight excluding hydrogens is 333 g/mol. The van der Waals surface area contributed by atoms with E-state index in [2.05, 4.69) is 47.0 Å². The largest absolute Gasteiger partial charge is 0.381 e. The Balaban J connectivity index is 1.91. The van der Waals surface area contributed by atoms with E-state index < -0.39 is 0 Å². The van der Waals surface area contributed by atoms with Gasteiger partial charge in [-0.15, -0.1) is 0 Å². The van der Waals surface area contributed by atoms with Gasteiger partial charge in [0, 0.05) is 9.61 Å². The minimum absolute atomic E-state index is 0.517. The first-order chi connectivity index (χ1) is 7.65. The third-order valence-corrected chi connectivity index (χ3v) is 4.23. The smallest absolute Gasteiger partial charge is 0.0648 e. The summed E-state index contributed by atoms with van der Waals surface area (Å²) in [6.07, 6.45) is 5.50. The molecule has 0 amide bonds.